The number of carbonyl (C=O) groups excluding carboxylic acids is 1. The Morgan fingerprint density at radius 1 is 1.41 bits per heavy atom. The van der Waals surface area contributed by atoms with Gasteiger partial charge in [0.1, 0.15) is 5.69 Å². The van der Waals surface area contributed by atoms with E-state index in [4.69, 9.17) is 5.11 Å². The monoisotopic (exact) mass is 309 g/mol. The number of anilines is 1. The highest BCUT2D eigenvalue weighted by atomic mass is 16.6. The number of carbonyl (C=O) groups is 2. The smallest absolute Gasteiger partial charge is 0.317 e. The molecule has 1 unspecified atom stereocenters. The number of nitrogens with zero attached hydrogens (tertiary/aromatic N) is 2. The molecule has 2 N–H and O–H groups in total. The van der Waals surface area contributed by atoms with Gasteiger partial charge in [-0.1, -0.05) is 19.1 Å². The summed E-state index contributed by atoms with van der Waals surface area (Å²) in [7, 11) is 0. The van der Waals surface area contributed by atoms with Crippen molar-refractivity contribution < 1.29 is 19.6 Å². The lowest BCUT2D eigenvalue weighted by Gasteiger charge is -2.26. The van der Waals surface area contributed by atoms with Gasteiger partial charge in [0, 0.05) is 6.07 Å². The van der Waals surface area contributed by atoms with Gasteiger partial charge in [0.25, 0.3) is 5.69 Å². The molecule has 1 rings (SSSR count). The number of hydrogen-bond acceptors (Lipinski definition) is 5. The Kier molecular flexibility index (Phi) is 6.46. The predicted octanol–water partition coefficient (Wildman–Crippen LogP) is 1.72. The van der Waals surface area contributed by atoms with E-state index in [2.05, 4.69) is 5.32 Å². The Hall–Kier alpha value is -2.48. The number of nitro benzene ring substituents is 1. The van der Waals surface area contributed by atoms with Crippen LogP contribution >= 0.6 is 0 Å². The second-order valence-electron chi connectivity index (χ2n) is 4.80. The number of hydrogen-bond donors (Lipinski definition) is 2. The summed E-state index contributed by atoms with van der Waals surface area (Å²) in [6, 6.07) is 5.10. The normalized spacial score (nSPS) is 12.0. The van der Waals surface area contributed by atoms with E-state index >= 15 is 0 Å². The maximum absolute atomic E-state index is 12.2. The molecule has 8 heteroatoms. The van der Waals surface area contributed by atoms with Gasteiger partial charge in [-0.3, -0.25) is 24.6 Å². The highest BCUT2D eigenvalue weighted by Gasteiger charge is 2.24. The average molecular weight is 309 g/mol. The van der Waals surface area contributed by atoms with Crippen LogP contribution in [0.5, 0.6) is 0 Å². The van der Waals surface area contributed by atoms with Crippen LogP contribution in [-0.4, -0.2) is 45.9 Å². The summed E-state index contributed by atoms with van der Waals surface area (Å²) >= 11 is 0. The number of rotatable bonds is 8. The lowest BCUT2D eigenvalue weighted by molar-refractivity contribution is -0.383. The lowest BCUT2D eigenvalue weighted by atomic mass is 10.2. The molecule has 0 heterocycles. The second-order valence-corrected chi connectivity index (χ2v) is 4.80. The Balaban J connectivity index is 2.86. The highest BCUT2D eigenvalue weighted by molar-refractivity contribution is 5.96. The maximum atomic E-state index is 12.2. The van der Waals surface area contributed by atoms with E-state index in [0.717, 1.165) is 0 Å². The van der Waals surface area contributed by atoms with Gasteiger partial charge in [0.2, 0.25) is 5.91 Å². The van der Waals surface area contributed by atoms with Crippen molar-refractivity contribution in [2.75, 3.05) is 18.4 Å². The quantitative estimate of drug-likeness (QED) is 0.558. The zero-order chi connectivity index (χ0) is 16.7. The zero-order valence-corrected chi connectivity index (χ0v) is 12.5. The van der Waals surface area contributed by atoms with Crippen molar-refractivity contribution in [2.45, 2.75) is 26.3 Å². The molecule has 0 radical (unpaired) electrons. The van der Waals surface area contributed by atoms with Gasteiger partial charge >= 0.3 is 5.97 Å². The highest BCUT2D eigenvalue weighted by Crippen LogP contribution is 2.23. The summed E-state index contributed by atoms with van der Waals surface area (Å²) < 4.78 is 0. The number of amides is 1. The van der Waals surface area contributed by atoms with Gasteiger partial charge in [0.15, 0.2) is 0 Å². The van der Waals surface area contributed by atoms with Crippen LogP contribution in [0.1, 0.15) is 20.3 Å². The van der Waals surface area contributed by atoms with Crippen molar-refractivity contribution in [2.24, 2.45) is 0 Å². The Morgan fingerprint density at radius 3 is 2.59 bits per heavy atom. The summed E-state index contributed by atoms with van der Waals surface area (Å²) in [6.45, 7) is 3.63. The SMILES string of the molecule is CCCN(CC(=O)O)C(C)C(=O)Nc1ccccc1[N+](=O)[O-]. The van der Waals surface area contributed by atoms with E-state index < -0.39 is 22.8 Å². The first kappa shape index (κ1) is 17.6. The molecular weight excluding hydrogens is 290 g/mol. The van der Waals surface area contributed by atoms with Crippen LogP contribution in [0.15, 0.2) is 24.3 Å². The van der Waals surface area contributed by atoms with E-state index in [1.807, 2.05) is 6.92 Å². The fourth-order valence-corrected chi connectivity index (χ4v) is 2.01. The fourth-order valence-electron chi connectivity index (χ4n) is 2.01. The van der Waals surface area contributed by atoms with Gasteiger partial charge in [-0.2, -0.15) is 0 Å². The molecule has 0 saturated heterocycles. The summed E-state index contributed by atoms with van der Waals surface area (Å²) in [6.07, 6.45) is 0.691. The van der Waals surface area contributed by atoms with Crippen LogP contribution in [0.4, 0.5) is 11.4 Å². The van der Waals surface area contributed by atoms with Crippen molar-refractivity contribution in [3.8, 4) is 0 Å². The van der Waals surface area contributed by atoms with Crippen LogP contribution in [0, 0.1) is 10.1 Å². The molecule has 0 aliphatic carbocycles. The van der Waals surface area contributed by atoms with Crippen molar-refractivity contribution >= 4 is 23.3 Å². The minimum atomic E-state index is -1.03. The number of benzene rings is 1. The Labute approximate surface area is 127 Å². The van der Waals surface area contributed by atoms with Gasteiger partial charge < -0.3 is 10.4 Å². The van der Waals surface area contributed by atoms with E-state index in [-0.39, 0.29) is 17.9 Å². The predicted molar refractivity (Wildman–Crippen MR) is 80.7 cm³/mol. The number of nitrogens with one attached hydrogen (secondary N) is 1. The molecule has 22 heavy (non-hydrogen) atoms. The lowest BCUT2D eigenvalue weighted by Crippen LogP contribution is -2.45. The number of para-hydroxylation sites is 2. The topological polar surface area (TPSA) is 113 Å². The Morgan fingerprint density at radius 2 is 2.05 bits per heavy atom. The van der Waals surface area contributed by atoms with E-state index in [1.165, 1.54) is 23.1 Å². The van der Waals surface area contributed by atoms with Gasteiger partial charge in [-0.25, -0.2) is 0 Å². The zero-order valence-electron chi connectivity index (χ0n) is 12.5. The largest absolute Gasteiger partial charge is 0.480 e. The summed E-state index contributed by atoms with van der Waals surface area (Å²) in [5.41, 5.74) is -0.112. The number of carboxylic acid groups (broad SMARTS) is 1. The average Bonchev–Trinajstić information content (AvgIpc) is 2.45. The minimum absolute atomic E-state index is 0.0936. The van der Waals surface area contributed by atoms with Gasteiger partial charge in [0.05, 0.1) is 17.5 Å². The van der Waals surface area contributed by atoms with Crippen molar-refractivity contribution in [1.29, 1.82) is 0 Å². The molecule has 0 bridgehead atoms. The third-order valence-electron chi connectivity index (χ3n) is 3.13. The Bertz CT molecular complexity index is 561. The fraction of sp³-hybridized carbons (Fsp3) is 0.429. The first-order chi connectivity index (χ1) is 10.4. The molecule has 0 fully saturated rings. The molecule has 0 aromatic heterocycles. The molecule has 0 saturated carbocycles. The number of nitro groups is 1. The van der Waals surface area contributed by atoms with Crippen LogP contribution < -0.4 is 5.32 Å². The molecule has 1 aromatic carbocycles. The van der Waals surface area contributed by atoms with Gasteiger partial charge in [-0.05, 0) is 26.0 Å². The van der Waals surface area contributed by atoms with E-state index in [9.17, 15) is 19.7 Å². The molecule has 0 spiro atoms. The molecule has 0 aliphatic heterocycles. The summed E-state index contributed by atoms with van der Waals surface area (Å²) in [4.78, 5) is 34.9. The first-order valence-electron chi connectivity index (χ1n) is 6.87. The molecular formula is C14H19N3O5. The van der Waals surface area contributed by atoms with Crippen LogP contribution in [0.3, 0.4) is 0 Å². The molecule has 120 valence electrons. The second kappa shape index (κ2) is 8.08. The molecule has 8 nitrogen and oxygen atoms in total. The molecule has 1 atom stereocenters. The van der Waals surface area contributed by atoms with Crippen molar-refractivity contribution in [1.82, 2.24) is 4.90 Å². The standard InChI is InChI=1S/C14H19N3O5/c1-3-8-16(9-13(18)19)10(2)14(20)15-11-6-4-5-7-12(11)17(21)22/h4-7,10H,3,8-9H2,1-2H3,(H,15,20)(H,18,19). The molecule has 0 aliphatic rings. The van der Waals surface area contributed by atoms with Crippen LogP contribution in [-0.2, 0) is 9.59 Å². The maximum Gasteiger partial charge on any atom is 0.317 e. The van der Waals surface area contributed by atoms with Crippen LogP contribution in [0.25, 0.3) is 0 Å². The number of aliphatic carboxylic acids is 1. The summed E-state index contributed by atoms with van der Waals surface area (Å²) in [5, 5.41) is 22.3. The third kappa shape index (κ3) is 4.81. The third-order valence-corrected chi connectivity index (χ3v) is 3.13. The molecule has 1 amide bonds. The van der Waals surface area contributed by atoms with E-state index in [0.29, 0.717) is 13.0 Å². The first-order valence-corrected chi connectivity index (χ1v) is 6.87. The van der Waals surface area contributed by atoms with Crippen LogP contribution in [0.2, 0.25) is 0 Å². The van der Waals surface area contributed by atoms with Crippen molar-refractivity contribution in [3.63, 3.8) is 0 Å². The summed E-state index contributed by atoms with van der Waals surface area (Å²) in [5.74, 6) is -1.51. The number of carboxylic acids is 1. The minimum Gasteiger partial charge on any atom is -0.480 e. The van der Waals surface area contributed by atoms with E-state index in [1.54, 1.807) is 13.0 Å². The van der Waals surface area contributed by atoms with Crippen molar-refractivity contribution in [3.05, 3.63) is 34.4 Å². The van der Waals surface area contributed by atoms with Gasteiger partial charge in [-0.15, -0.1) is 0 Å². The molecule has 1 aromatic rings.